The topological polar surface area (TPSA) is 34.9 Å². The molecule has 0 aromatic carbocycles. The van der Waals surface area contributed by atoms with Crippen LogP contribution >= 0.6 is 15.9 Å². The van der Waals surface area contributed by atoms with Crippen molar-refractivity contribution < 1.29 is 4.79 Å². The largest absolute Gasteiger partial charge is 0.343 e. The average molecular weight is 319 g/mol. The molecule has 3 rings (SSSR count). The number of pyridine rings is 1. The van der Waals surface area contributed by atoms with E-state index in [0.29, 0.717) is 0 Å². The second kappa shape index (κ2) is 4.93. The highest BCUT2D eigenvalue weighted by molar-refractivity contribution is 9.10. The molecule has 2 aromatic rings. The number of aromatic nitrogens is 2. The fourth-order valence-electron chi connectivity index (χ4n) is 2.85. The van der Waals surface area contributed by atoms with Gasteiger partial charge in [0.15, 0.2) is 5.78 Å². The SMILES string of the molecule is CC(=O)c1c(Br)c(-c2cccnc2)n2c1CCCC2. The fraction of sp³-hybridized carbons (Fsp3) is 0.333. The average Bonchev–Trinajstić information content (AvgIpc) is 2.71. The maximum absolute atomic E-state index is 11.9. The van der Waals surface area contributed by atoms with Crippen molar-refractivity contribution >= 4 is 21.7 Å². The lowest BCUT2D eigenvalue weighted by atomic mass is 10.1. The van der Waals surface area contributed by atoms with Gasteiger partial charge in [-0.25, -0.2) is 0 Å². The van der Waals surface area contributed by atoms with Crippen molar-refractivity contribution in [2.45, 2.75) is 32.7 Å². The van der Waals surface area contributed by atoms with Crippen LogP contribution in [0.15, 0.2) is 29.0 Å². The van der Waals surface area contributed by atoms with Crippen molar-refractivity contribution in [2.24, 2.45) is 0 Å². The summed E-state index contributed by atoms with van der Waals surface area (Å²) in [7, 11) is 0. The molecule has 3 nitrogen and oxygen atoms in total. The van der Waals surface area contributed by atoms with Gasteiger partial charge >= 0.3 is 0 Å². The van der Waals surface area contributed by atoms with Gasteiger partial charge in [0.05, 0.1) is 15.7 Å². The molecule has 98 valence electrons. The van der Waals surface area contributed by atoms with Crippen LogP contribution in [0.1, 0.15) is 35.8 Å². The van der Waals surface area contributed by atoms with E-state index in [4.69, 9.17) is 0 Å². The summed E-state index contributed by atoms with van der Waals surface area (Å²) in [5.41, 5.74) is 4.17. The lowest BCUT2D eigenvalue weighted by Gasteiger charge is -2.18. The van der Waals surface area contributed by atoms with Crippen LogP contribution in [0, 0.1) is 0 Å². The Balaban J connectivity index is 2.28. The van der Waals surface area contributed by atoms with E-state index in [1.165, 1.54) is 12.1 Å². The molecule has 0 aliphatic carbocycles. The third-order valence-corrected chi connectivity index (χ3v) is 4.42. The molecule has 3 heterocycles. The van der Waals surface area contributed by atoms with Gasteiger partial charge in [-0.2, -0.15) is 0 Å². The first-order valence-corrected chi connectivity index (χ1v) is 7.31. The quantitative estimate of drug-likeness (QED) is 0.788. The molecule has 0 radical (unpaired) electrons. The van der Waals surface area contributed by atoms with Gasteiger partial charge in [-0.1, -0.05) is 0 Å². The molecule has 0 N–H and O–H groups in total. The number of Topliss-reactive ketones (excluding diaryl/α,β-unsaturated/α-hetero) is 1. The minimum absolute atomic E-state index is 0.132. The van der Waals surface area contributed by atoms with Crippen molar-refractivity contribution in [2.75, 3.05) is 0 Å². The van der Waals surface area contributed by atoms with Crippen molar-refractivity contribution in [3.05, 3.63) is 40.3 Å². The normalized spacial score (nSPS) is 14.2. The second-order valence-electron chi connectivity index (χ2n) is 4.89. The first-order chi connectivity index (χ1) is 9.20. The zero-order valence-corrected chi connectivity index (χ0v) is 12.4. The van der Waals surface area contributed by atoms with E-state index in [-0.39, 0.29) is 5.78 Å². The summed E-state index contributed by atoms with van der Waals surface area (Å²) < 4.78 is 3.20. The second-order valence-corrected chi connectivity index (χ2v) is 5.68. The van der Waals surface area contributed by atoms with Gasteiger partial charge in [0.25, 0.3) is 0 Å². The van der Waals surface area contributed by atoms with Crippen LogP contribution in [-0.4, -0.2) is 15.3 Å². The zero-order chi connectivity index (χ0) is 13.4. The van der Waals surface area contributed by atoms with Gasteiger partial charge in [-0.3, -0.25) is 9.78 Å². The van der Waals surface area contributed by atoms with Gasteiger partial charge < -0.3 is 4.57 Å². The molecule has 1 aliphatic heterocycles. The van der Waals surface area contributed by atoms with E-state index >= 15 is 0 Å². The molecule has 0 amide bonds. The van der Waals surface area contributed by atoms with Crippen LogP contribution in [0.25, 0.3) is 11.3 Å². The van der Waals surface area contributed by atoms with Crippen molar-refractivity contribution in [3.8, 4) is 11.3 Å². The number of carbonyl (C=O) groups is 1. The molecular formula is C15H15BrN2O. The minimum Gasteiger partial charge on any atom is -0.343 e. The van der Waals surface area contributed by atoms with Crippen LogP contribution in [0.4, 0.5) is 0 Å². The number of fused-ring (bicyclic) bond motifs is 1. The Morgan fingerprint density at radius 3 is 2.95 bits per heavy atom. The Hall–Kier alpha value is -1.42. The summed E-state index contributed by atoms with van der Waals surface area (Å²) in [4.78, 5) is 16.1. The summed E-state index contributed by atoms with van der Waals surface area (Å²) in [6.07, 6.45) is 6.92. The van der Waals surface area contributed by atoms with E-state index in [1.807, 2.05) is 18.3 Å². The maximum atomic E-state index is 11.9. The molecule has 0 spiro atoms. The number of hydrogen-bond donors (Lipinski definition) is 0. The minimum atomic E-state index is 0.132. The van der Waals surface area contributed by atoms with E-state index in [2.05, 4.69) is 25.5 Å². The van der Waals surface area contributed by atoms with E-state index in [1.54, 1.807) is 13.1 Å². The van der Waals surface area contributed by atoms with Crippen LogP contribution in [0.2, 0.25) is 0 Å². The van der Waals surface area contributed by atoms with Gasteiger partial charge in [0.2, 0.25) is 0 Å². The van der Waals surface area contributed by atoms with Crippen molar-refractivity contribution in [1.82, 2.24) is 9.55 Å². The van der Waals surface area contributed by atoms with Crippen LogP contribution in [0.3, 0.4) is 0 Å². The summed E-state index contributed by atoms with van der Waals surface area (Å²) >= 11 is 3.63. The van der Waals surface area contributed by atoms with Gasteiger partial charge in [-0.05, 0) is 54.2 Å². The lowest BCUT2D eigenvalue weighted by molar-refractivity contribution is 0.101. The first kappa shape index (κ1) is 12.6. The molecule has 0 saturated heterocycles. The van der Waals surface area contributed by atoms with Crippen LogP contribution in [0.5, 0.6) is 0 Å². The summed E-state index contributed by atoms with van der Waals surface area (Å²) in [6, 6.07) is 3.97. The van der Waals surface area contributed by atoms with Crippen molar-refractivity contribution in [3.63, 3.8) is 0 Å². The lowest BCUT2D eigenvalue weighted by Crippen LogP contribution is -2.12. The Labute approximate surface area is 120 Å². The molecule has 0 bridgehead atoms. The monoisotopic (exact) mass is 318 g/mol. The summed E-state index contributed by atoms with van der Waals surface area (Å²) in [5, 5.41) is 0. The van der Waals surface area contributed by atoms with Gasteiger partial charge in [-0.15, -0.1) is 0 Å². The van der Waals surface area contributed by atoms with Crippen LogP contribution < -0.4 is 0 Å². The molecule has 0 saturated carbocycles. The van der Waals surface area contributed by atoms with E-state index < -0.39 is 0 Å². The number of rotatable bonds is 2. The fourth-order valence-corrected chi connectivity index (χ4v) is 3.80. The zero-order valence-electron chi connectivity index (χ0n) is 10.8. The predicted octanol–water partition coefficient (Wildman–Crippen LogP) is 3.85. The predicted molar refractivity (Wildman–Crippen MR) is 78.3 cm³/mol. The molecule has 0 unspecified atom stereocenters. The smallest absolute Gasteiger partial charge is 0.162 e. The molecule has 19 heavy (non-hydrogen) atoms. The standard InChI is InChI=1S/C15H15BrN2O/c1-10(19)13-12-6-2-3-8-18(12)15(14(13)16)11-5-4-7-17-9-11/h4-5,7,9H,2-3,6,8H2,1H3. The molecular weight excluding hydrogens is 304 g/mol. The Bertz CT molecular complexity index is 631. The first-order valence-electron chi connectivity index (χ1n) is 6.52. The van der Waals surface area contributed by atoms with Crippen LogP contribution in [-0.2, 0) is 13.0 Å². The highest BCUT2D eigenvalue weighted by atomic mass is 79.9. The number of nitrogens with zero attached hydrogens (tertiary/aromatic N) is 2. The number of halogens is 1. The molecule has 0 fully saturated rings. The van der Waals surface area contributed by atoms with Gasteiger partial charge in [0.1, 0.15) is 0 Å². The van der Waals surface area contributed by atoms with E-state index in [9.17, 15) is 4.79 Å². The molecule has 2 aromatic heterocycles. The molecule has 0 atom stereocenters. The highest BCUT2D eigenvalue weighted by Gasteiger charge is 2.26. The number of hydrogen-bond acceptors (Lipinski definition) is 2. The molecule has 4 heteroatoms. The Morgan fingerprint density at radius 1 is 1.42 bits per heavy atom. The maximum Gasteiger partial charge on any atom is 0.162 e. The number of ketones is 1. The van der Waals surface area contributed by atoms with Gasteiger partial charge in [0, 0.05) is 30.2 Å². The van der Waals surface area contributed by atoms with Crippen molar-refractivity contribution in [1.29, 1.82) is 0 Å². The highest BCUT2D eigenvalue weighted by Crippen LogP contribution is 2.38. The summed E-state index contributed by atoms with van der Waals surface area (Å²) in [6.45, 7) is 2.62. The third kappa shape index (κ3) is 2.04. The third-order valence-electron chi connectivity index (χ3n) is 3.64. The Morgan fingerprint density at radius 2 is 2.26 bits per heavy atom. The summed E-state index contributed by atoms with van der Waals surface area (Å²) in [5.74, 6) is 0.132. The Kier molecular flexibility index (Phi) is 3.27. The molecule has 1 aliphatic rings. The number of carbonyl (C=O) groups excluding carboxylic acids is 1. The van der Waals surface area contributed by atoms with E-state index in [0.717, 1.165) is 40.7 Å².